The number of hydrogen-bond donors (Lipinski definition) is 3. The van der Waals surface area contributed by atoms with E-state index >= 15 is 0 Å². The van der Waals surface area contributed by atoms with Crippen molar-refractivity contribution in [2.75, 3.05) is 6.61 Å². The lowest BCUT2D eigenvalue weighted by Gasteiger charge is -2.34. The van der Waals surface area contributed by atoms with Gasteiger partial charge in [0.05, 0.1) is 12.2 Å². The van der Waals surface area contributed by atoms with Gasteiger partial charge in [0.15, 0.2) is 0 Å². The molecule has 0 bridgehead atoms. The Morgan fingerprint density at radius 3 is 2.46 bits per heavy atom. The second-order valence-corrected chi connectivity index (χ2v) is 4.42. The van der Waals surface area contributed by atoms with Crippen LogP contribution in [0.2, 0.25) is 0 Å². The van der Waals surface area contributed by atoms with Gasteiger partial charge in [-0.05, 0) is 26.7 Å². The molecule has 0 fully saturated rings. The Bertz CT molecular complexity index is 205. The van der Waals surface area contributed by atoms with Gasteiger partial charge < -0.3 is 15.3 Å². The lowest BCUT2D eigenvalue weighted by molar-refractivity contribution is -0.0158. The van der Waals surface area contributed by atoms with Crippen LogP contribution in [0.3, 0.4) is 0 Å². The van der Waals surface area contributed by atoms with Crippen molar-refractivity contribution in [3.05, 3.63) is 12.2 Å². The summed E-state index contributed by atoms with van der Waals surface area (Å²) in [4.78, 5) is 0. The molecule has 2 atom stereocenters. The maximum absolute atomic E-state index is 9.69. The molecule has 0 unspecified atom stereocenters. The van der Waals surface area contributed by atoms with Crippen LogP contribution in [-0.4, -0.2) is 33.1 Å². The van der Waals surface area contributed by atoms with E-state index in [0.717, 1.165) is 0 Å². The van der Waals surface area contributed by atoms with Gasteiger partial charge in [-0.15, -0.1) is 0 Å². The van der Waals surface area contributed by atoms with E-state index < -0.39 is 11.2 Å². The fourth-order valence-electron chi connectivity index (χ4n) is 1.60. The van der Waals surface area contributed by atoms with Crippen LogP contribution in [0.1, 0.15) is 26.7 Å². The van der Waals surface area contributed by atoms with Crippen molar-refractivity contribution >= 4 is 0 Å². The van der Waals surface area contributed by atoms with Crippen LogP contribution in [0.4, 0.5) is 0 Å². The van der Waals surface area contributed by atoms with Gasteiger partial charge in [0, 0.05) is 5.92 Å². The van der Waals surface area contributed by atoms with E-state index in [4.69, 9.17) is 5.11 Å². The maximum atomic E-state index is 9.69. The third-order valence-corrected chi connectivity index (χ3v) is 2.71. The molecule has 76 valence electrons. The minimum absolute atomic E-state index is 0.0688. The lowest BCUT2D eigenvalue weighted by Crippen LogP contribution is -2.39. The minimum atomic E-state index is -1.07. The highest BCUT2D eigenvalue weighted by molar-refractivity contribution is 5.10. The molecule has 3 nitrogen and oxygen atoms in total. The molecule has 0 aromatic heterocycles. The number of rotatable bonds is 2. The molecule has 3 heteroatoms. The average molecular weight is 186 g/mol. The van der Waals surface area contributed by atoms with Gasteiger partial charge >= 0.3 is 0 Å². The van der Waals surface area contributed by atoms with Crippen LogP contribution in [0.25, 0.3) is 0 Å². The Morgan fingerprint density at radius 2 is 2.15 bits per heavy atom. The van der Waals surface area contributed by atoms with E-state index in [1.807, 2.05) is 0 Å². The SMILES string of the molecule is CC(C)(O)[C@@H]1C=C[C@@](O)(CO)CC1. The Morgan fingerprint density at radius 1 is 1.54 bits per heavy atom. The normalized spacial score (nSPS) is 35.0. The summed E-state index contributed by atoms with van der Waals surface area (Å²) in [5, 5.41) is 28.2. The summed E-state index contributed by atoms with van der Waals surface area (Å²) in [5.41, 5.74) is -1.81. The molecule has 0 aromatic carbocycles. The van der Waals surface area contributed by atoms with Crippen LogP contribution in [0.5, 0.6) is 0 Å². The van der Waals surface area contributed by atoms with Crippen LogP contribution in [0, 0.1) is 5.92 Å². The Balaban J connectivity index is 2.67. The van der Waals surface area contributed by atoms with E-state index in [-0.39, 0.29) is 12.5 Å². The van der Waals surface area contributed by atoms with Crippen LogP contribution >= 0.6 is 0 Å². The summed E-state index contributed by atoms with van der Waals surface area (Å²) in [6, 6.07) is 0. The fraction of sp³-hybridized carbons (Fsp3) is 0.800. The van der Waals surface area contributed by atoms with Crippen molar-refractivity contribution in [2.45, 2.75) is 37.9 Å². The molecule has 0 saturated carbocycles. The lowest BCUT2D eigenvalue weighted by atomic mass is 9.78. The van der Waals surface area contributed by atoms with Gasteiger partial charge in [-0.25, -0.2) is 0 Å². The average Bonchev–Trinajstić information content (AvgIpc) is 2.04. The van der Waals surface area contributed by atoms with E-state index in [0.29, 0.717) is 12.8 Å². The summed E-state index contributed by atoms with van der Waals surface area (Å²) in [5.74, 6) is 0.0688. The molecule has 1 aliphatic carbocycles. The predicted octanol–water partition coefficient (Wildman–Crippen LogP) is 0.447. The second-order valence-electron chi connectivity index (χ2n) is 4.42. The van der Waals surface area contributed by atoms with Gasteiger partial charge in [0.25, 0.3) is 0 Å². The molecule has 0 heterocycles. The Labute approximate surface area is 78.7 Å². The summed E-state index contributed by atoms with van der Waals surface area (Å²) in [6.07, 6.45) is 4.60. The zero-order chi connectivity index (χ0) is 10.1. The highest BCUT2D eigenvalue weighted by Gasteiger charge is 2.33. The van der Waals surface area contributed by atoms with Crippen molar-refractivity contribution in [1.82, 2.24) is 0 Å². The van der Waals surface area contributed by atoms with Gasteiger partial charge in [-0.2, -0.15) is 0 Å². The molecular formula is C10H18O3. The van der Waals surface area contributed by atoms with Crippen molar-refractivity contribution in [3.63, 3.8) is 0 Å². The van der Waals surface area contributed by atoms with Crippen molar-refractivity contribution in [1.29, 1.82) is 0 Å². The molecule has 3 N–H and O–H groups in total. The largest absolute Gasteiger partial charge is 0.393 e. The van der Waals surface area contributed by atoms with Crippen LogP contribution < -0.4 is 0 Å². The molecular weight excluding hydrogens is 168 g/mol. The van der Waals surface area contributed by atoms with Gasteiger partial charge in [-0.1, -0.05) is 12.2 Å². The van der Waals surface area contributed by atoms with Gasteiger partial charge in [-0.3, -0.25) is 0 Å². The number of hydrogen-bond acceptors (Lipinski definition) is 3. The first-order chi connectivity index (χ1) is 5.87. The third kappa shape index (κ3) is 2.53. The number of aliphatic hydroxyl groups is 3. The molecule has 1 rings (SSSR count). The van der Waals surface area contributed by atoms with Gasteiger partial charge in [0.2, 0.25) is 0 Å². The molecule has 0 aromatic rings. The summed E-state index contributed by atoms with van der Waals surface area (Å²) in [7, 11) is 0. The Hall–Kier alpha value is -0.380. The highest BCUT2D eigenvalue weighted by Crippen LogP contribution is 2.31. The van der Waals surface area contributed by atoms with Crippen molar-refractivity contribution in [3.8, 4) is 0 Å². The summed E-state index contributed by atoms with van der Waals surface area (Å²) < 4.78 is 0. The summed E-state index contributed by atoms with van der Waals surface area (Å²) >= 11 is 0. The number of aliphatic hydroxyl groups excluding tert-OH is 1. The standard InChI is InChI=1S/C10H18O3/c1-9(2,12)8-3-5-10(13,7-11)6-4-8/h3,5,8,11-13H,4,6-7H2,1-2H3/t8-,10+/m1/s1. The predicted molar refractivity (Wildman–Crippen MR) is 50.2 cm³/mol. The minimum Gasteiger partial charge on any atom is -0.393 e. The van der Waals surface area contributed by atoms with Crippen LogP contribution in [0.15, 0.2) is 12.2 Å². The smallest absolute Gasteiger partial charge is 0.106 e. The van der Waals surface area contributed by atoms with Crippen LogP contribution in [-0.2, 0) is 0 Å². The van der Waals surface area contributed by atoms with E-state index in [1.165, 1.54) is 0 Å². The monoisotopic (exact) mass is 186 g/mol. The second kappa shape index (κ2) is 3.40. The zero-order valence-electron chi connectivity index (χ0n) is 8.20. The first-order valence-corrected chi connectivity index (χ1v) is 4.62. The maximum Gasteiger partial charge on any atom is 0.106 e. The molecule has 0 amide bonds. The van der Waals surface area contributed by atoms with Crippen molar-refractivity contribution < 1.29 is 15.3 Å². The van der Waals surface area contributed by atoms with E-state index in [2.05, 4.69) is 0 Å². The fourth-order valence-corrected chi connectivity index (χ4v) is 1.60. The first-order valence-electron chi connectivity index (χ1n) is 4.62. The van der Waals surface area contributed by atoms with Crippen molar-refractivity contribution in [2.24, 2.45) is 5.92 Å². The molecule has 1 aliphatic rings. The summed E-state index contributed by atoms with van der Waals surface area (Å²) in [6.45, 7) is 3.26. The topological polar surface area (TPSA) is 60.7 Å². The zero-order valence-corrected chi connectivity index (χ0v) is 8.20. The third-order valence-electron chi connectivity index (χ3n) is 2.71. The molecule has 0 saturated heterocycles. The Kier molecular flexibility index (Phi) is 2.80. The molecule has 0 aliphatic heterocycles. The van der Waals surface area contributed by atoms with E-state index in [1.54, 1.807) is 26.0 Å². The molecule has 0 spiro atoms. The quantitative estimate of drug-likeness (QED) is 0.549. The first kappa shape index (κ1) is 10.7. The molecule has 0 radical (unpaired) electrons. The van der Waals surface area contributed by atoms with Gasteiger partial charge in [0.1, 0.15) is 5.60 Å². The van der Waals surface area contributed by atoms with E-state index in [9.17, 15) is 10.2 Å². The highest BCUT2D eigenvalue weighted by atomic mass is 16.3. The molecule has 13 heavy (non-hydrogen) atoms.